The second-order valence-corrected chi connectivity index (χ2v) is 12.1. The Morgan fingerprint density at radius 2 is 1.58 bits per heavy atom. The van der Waals surface area contributed by atoms with Crippen LogP contribution in [-0.2, 0) is 33.2 Å². The number of nitrogens with zero attached hydrogens (tertiary/aromatic N) is 1. The Morgan fingerprint density at radius 1 is 0.867 bits per heavy atom. The van der Waals surface area contributed by atoms with Gasteiger partial charge in [0.25, 0.3) is 5.91 Å². The van der Waals surface area contributed by atoms with Crippen molar-refractivity contribution in [2.24, 2.45) is 28.7 Å². The SMILES string of the molecule is NCCC(O)C(=O)N1C(=O)O[C@@H]2[C@H]1[C@@H](O[C@H]1O[C@H](CO)[C@@H](N)[C@H](O)[C@H]1O)OC1C[C@@H](N)[C@@H](O[C@H]3[C@H](O)[C@@H](O)[C@H](N)C[C@@H]3N)O[C@@H]12. The van der Waals surface area contributed by atoms with Gasteiger partial charge in [-0.25, -0.2) is 9.69 Å². The van der Waals surface area contributed by atoms with Crippen LogP contribution in [0.3, 0.4) is 0 Å². The molecule has 4 aliphatic heterocycles. The Labute approximate surface area is 257 Å². The molecule has 45 heavy (non-hydrogen) atoms. The molecular formula is C25H44N6O14. The first-order chi connectivity index (χ1) is 21.3. The molecule has 0 radical (unpaired) electrons. The van der Waals surface area contributed by atoms with Crippen LogP contribution >= 0.6 is 0 Å². The van der Waals surface area contributed by atoms with E-state index in [1.165, 1.54) is 0 Å². The second kappa shape index (κ2) is 13.8. The van der Waals surface area contributed by atoms with Gasteiger partial charge in [0.1, 0.15) is 48.8 Å². The minimum atomic E-state index is -1.73. The average Bonchev–Trinajstić information content (AvgIpc) is 3.35. The van der Waals surface area contributed by atoms with Gasteiger partial charge in [0.05, 0.1) is 30.9 Å². The van der Waals surface area contributed by atoms with Crippen LogP contribution in [-0.4, -0.2) is 171 Å². The lowest BCUT2D eigenvalue weighted by Crippen LogP contribution is -2.69. The van der Waals surface area contributed by atoms with E-state index in [0.29, 0.717) is 4.90 Å². The average molecular weight is 653 g/mol. The molecule has 258 valence electrons. The van der Waals surface area contributed by atoms with Crippen LogP contribution < -0.4 is 28.7 Å². The van der Waals surface area contributed by atoms with Crippen molar-refractivity contribution < 1.29 is 68.6 Å². The largest absolute Gasteiger partial charge is 0.440 e. The van der Waals surface area contributed by atoms with E-state index in [9.17, 15) is 40.2 Å². The number of rotatable bonds is 8. The molecular weight excluding hydrogens is 608 g/mol. The highest BCUT2D eigenvalue weighted by molar-refractivity contribution is 5.96. The van der Waals surface area contributed by atoms with Gasteiger partial charge in [-0.3, -0.25) is 4.79 Å². The van der Waals surface area contributed by atoms with Crippen LogP contribution in [0.15, 0.2) is 0 Å². The molecule has 20 nitrogen and oxygen atoms in total. The van der Waals surface area contributed by atoms with Gasteiger partial charge in [-0.15, -0.1) is 0 Å². The standard InChI is InChI=1S/C25H44N6O14/c26-2-1-9(33)21(38)31-13-20(44-25(31)39)19-10(40-23(13)45-24-17(37)15(35)12(30)11(5-32)41-24)4-8(29)22(43-19)42-18-7(28)3-6(27)14(34)16(18)36/h6-20,22-24,32-37H,1-5,26-30H2/t6-,7+,8-,9?,10?,11-,12-,13+,14+,15+,16-,17-,18-,19+,20-,22+,23-,24-/m1/s1. The fourth-order valence-corrected chi connectivity index (χ4v) is 6.49. The number of carbonyl (C=O) groups is 2. The second-order valence-electron chi connectivity index (χ2n) is 12.1. The lowest BCUT2D eigenvalue weighted by molar-refractivity contribution is -0.371. The van der Waals surface area contributed by atoms with Gasteiger partial charge in [-0.05, 0) is 25.8 Å². The summed E-state index contributed by atoms with van der Waals surface area (Å²) in [6, 6.07) is -5.07. The van der Waals surface area contributed by atoms with Gasteiger partial charge in [-0.1, -0.05) is 0 Å². The number of carbonyl (C=O) groups excluding carboxylic acids is 2. The first-order valence-electron chi connectivity index (χ1n) is 14.8. The summed E-state index contributed by atoms with van der Waals surface area (Å²) >= 11 is 0. The molecule has 20 heteroatoms. The molecule has 2 unspecified atom stereocenters. The van der Waals surface area contributed by atoms with Gasteiger partial charge >= 0.3 is 6.09 Å². The van der Waals surface area contributed by atoms with Crippen molar-refractivity contribution in [1.82, 2.24) is 4.90 Å². The maximum Gasteiger partial charge on any atom is 0.417 e. The summed E-state index contributed by atoms with van der Waals surface area (Å²) < 4.78 is 35.2. The normalized spacial score (nSPS) is 49.2. The smallest absolute Gasteiger partial charge is 0.417 e. The predicted molar refractivity (Wildman–Crippen MR) is 145 cm³/mol. The third kappa shape index (κ3) is 6.44. The monoisotopic (exact) mass is 652 g/mol. The molecule has 2 amide bonds. The third-order valence-corrected chi connectivity index (χ3v) is 9.05. The fraction of sp³-hybridized carbons (Fsp3) is 0.920. The molecule has 16 N–H and O–H groups in total. The quantitative estimate of drug-likeness (QED) is 0.116. The molecule has 4 heterocycles. The molecule has 18 atom stereocenters. The number of fused-ring (bicyclic) bond motifs is 3. The number of amides is 2. The summed E-state index contributed by atoms with van der Waals surface area (Å²) in [4.78, 5) is 27.0. The first kappa shape index (κ1) is 34.6. The molecule has 5 aliphatic rings. The van der Waals surface area contributed by atoms with Crippen LogP contribution in [0.4, 0.5) is 4.79 Å². The molecule has 0 spiro atoms. The van der Waals surface area contributed by atoms with Gasteiger partial charge in [-0.2, -0.15) is 0 Å². The molecule has 1 saturated carbocycles. The van der Waals surface area contributed by atoms with E-state index in [1.54, 1.807) is 0 Å². The molecule has 0 bridgehead atoms. The Morgan fingerprint density at radius 3 is 2.24 bits per heavy atom. The van der Waals surface area contributed by atoms with E-state index >= 15 is 0 Å². The molecule has 1 aliphatic carbocycles. The molecule has 5 fully saturated rings. The lowest BCUT2D eigenvalue weighted by atomic mass is 9.84. The van der Waals surface area contributed by atoms with Crippen molar-refractivity contribution in [3.05, 3.63) is 0 Å². The van der Waals surface area contributed by atoms with E-state index in [2.05, 4.69) is 0 Å². The molecule has 4 saturated heterocycles. The zero-order valence-electron chi connectivity index (χ0n) is 24.2. The minimum Gasteiger partial charge on any atom is -0.440 e. The number of hydrogen-bond donors (Lipinski definition) is 11. The van der Waals surface area contributed by atoms with Crippen LogP contribution in [0.25, 0.3) is 0 Å². The first-order valence-corrected chi connectivity index (χ1v) is 14.8. The fourth-order valence-electron chi connectivity index (χ4n) is 6.49. The molecule has 0 aromatic heterocycles. The summed E-state index contributed by atoms with van der Waals surface area (Å²) in [6.07, 6.45) is -19.2. The van der Waals surface area contributed by atoms with E-state index in [-0.39, 0.29) is 25.8 Å². The van der Waals surface area contributed by atoms with Crippen LogP contribution in [0.5, 0.6) is 0 Å². The molecule has 0 aromatic rings. The van der Waals surface area contributed by atoms with E-state index < -0.39 is 129 Å². The number of imide groups is 1. The van der Waals surface area contributed by atoms with E-state index in [4.69, 9.17) is 57.1 Å². The van der Waals surface area contributed by atoms with Gasteiger partial charge in [0, 0.05) is 12.1 Å². The van der Waals surface area contributed by atoms with E-state index in [0.717, 1.165) is 0 Å². The van der Waals surface area contributed by atoms with Gasteiger partial charge in [0.2, 0.25) is 0 Å². The summed E-state index contributed by atoms with van der Waals surface area (Å²) in [7, 11) is 0. The zero-order valence-corrected chi connectivity index (χ0v) is 24.2. The van der Waals surface area contributed by atoms with Crippen LogP contribution in [0.2, 0.25) is 0 Å². The highest BCUT2D eigenvalue weighted by atomic mass is 16.8. The number of nitrogens with two attached hydrogens (primary N) is 5. The maximum absolute atomic E-state index is 13.2. The van der Waals surface area contributed by atoms with Crippen molar-refractivity contribution in [3.8, 4) is 0 Å². The summed E-state index contributed by atoms with van der Waals surface area (Å²) in [6.45, 7) is -0.709. The highest BCUT2D eigenvalue weighted by Gasteiger charge is 2.63. The number of ether oxygens (including phenoxy) is 6. The van der Waals surface area contributed by atoms with Crippen molar-refractivity contribution in [2.75, 3.05) is 13.2 Å². The van der Waals surface area contributed by atoms with Gasteiger partial charge < -0.3 is 87.7 Å². The summed E-state index contributed by atoms with van der Waals surface area (Å²) in [5, 5.41) is 62.0. The predicted octanol–water partition coefficient (Wildman–Crippen LogP) is -7.47. The topological polar surface area (TPSA) is 344 Å². The van der Waals surface area contributed by atoms with E-state index in [1.807, 2.05) is 0 Å². The third-order valence-electron chi connectivity index (χ3n) is 9.05. The maximum atomic E-state index is 13.2. The Kier molecular flexibility index (Phi) is 10.6. The minimum absolute atomic E-state index is 0.000666. The Balaban J connectivity index is 1.41. The number of hydrogen-bond acceptors (Lipinski definition) is 19. The summed E-state index contributed by atoms with van der Waals surface area (Å²) in [5.41, 5.74) is 29.7. The van der Waals surface area contributed by atoms with Crippen molar-refractivity contribution in [2.45, 2.75) is 129 Å². The number of aliphatic hydroxyl groups excluding tert-OH is 6. The Bertz CT molecular complexity index is 1060. The van der Waals surface area contributed by atoms with Gasteiger partial charge in [0.15, 0.2) is 25.0 Å². The summed E-state index contributed by atoms with van der Waals surface area (Å²) in [5.74, 6) is -1.07. The van der Waals surface area contributed by atoms with Crippen molar-refractivity contribution >= 4 is 12.0 Å². The molecule has 0 aromatic carbocycles. The highest BCUT2D eigenvalue weighted by Crippen LogP contribution is 2.41. The molecule has 5 rings (SSSR count). The lowest BCUT2D eigenvalue weighted by Gasteiger charge is -2.50. The van der Waals surface area contributed by atoms with Crippen LogP contribution in [0, 0.1) is 0 Å². The zero-order chi connectivity index (χ0) is 32.9. The Hall–Kier alpha value is -1.70. The van der Waals surface area contributed by atoms with Crippen molar-refractivity contribution in [3.63, 3.8) is 0 Å². The van der Waals surface area contributed by atoms with Crippen molar-refractivity contribution in [1.29, 1.82) is 0 Å². The van der Waals surface area contributed by atoms with Crippen LogP contribution in [0.1, 0.15) is 19.3 Å². The number of aliphatic hydroxyl groups is 6.